The number of esters is 1. The third-order valence-corrected chi connectivity index (χ3v) is 5.98. The molecule has 0 radical (unpaired) electrons. The number of aromatic hydroxyl groups is 1. The van der Waals surface area contributed by atoms with Crippen LogP contribution in [-0.4, -0.2) is 35.6 Å². The number of halogens is 1. The summed E-state index contributed by atoms with van der Waals surface area (Å²) >= 11 is 3.91. The van der Waals surface area contributed by atoms with Crippen LogP contribution in [0.4, 0.5) is 14.9 Å². The number of hydrogen-bond acceptors (Lipinski definition) is 7. The van der Waals surface area contributed by atoms with Crippen molar-refractivity contribution < 1.29 is 33.3 Å². The summed E-state index contributed by atoms with van der Waals surface area (Å²) in [6, 6.07) is 25.5. The lowest BCUT2D eigenvalue weighted by molar-refractivity contribution is -0.141. The third-order valence-electron chi connectivity index (χ3n) is 5.72. The maximum absolute atomic E-state index is 14.4. The fourth-order valence-corrected chi connectivity index (χ4v) is 4.02. The Morgan fingerprint density at radius 1 is 0.947 bits per heavy atom. The summed E-state index contributed by atoms with van der Waals surface area (Å²) in [6.45, 7) is -0.0533. The van der Waals surface area contributed by atoms with Crippen molar-refractivity contribution >= 4 is 41.2 Å². The summed E-state index contributed by atoms with van der Waals surface area (Å²) in [4.78, 5) is 24.8. The lowest BCUT2D eigenvalue weighted by atomic mass is 10.0. The Balaban J connectivity index is 1.64. The van der Waals surface area contributed by atoms with E-state index in [2.05, 4.69) is 17.9 Å². The zero-order valence-electron chi connectivity index (χ0n) is 20.2. The van der Waals surface area contributed by atoms with Crippen LogP contribution in [0.1, 0.15) is 18.1 Å². The van der Waals surface area contributed by atoms with Crippen molar-refractivity contribution in [2.24, 2.45) is 0 Å². The van der Waals surface area contributed by atoms with Crippen LogP contribution in [0.5, 0.6) is 11.5 Å². The van der Waals surface area contributed by atoms with Gasteiger partial charge in [0.2, 0.25) is 0 Å². The molecule has 0 aliphatic heterocycles. The number of anilines is 1. The van der Waals surface area contributed by atoms with E-state index in [1.54, 1.807) is 30.3 Å². The summed E-state index contributed by atoms with van der Waals surface area (Å²) < 4.78 is 31.5. The Morgan fingerprint density at radius 2 is 1.68 bits per heavy atom. The first-order valence-corrected chi connectivity index (χ1v) is 12.5. The van der Waals surface area contributed by atoms with Gasteiger partial charge in [-0.3, -0.25) is 10.1 Å². The van der Waals surface area contributed by atoms with Gasteiger partial charge in [-0.05, 0) is 41.3 Å². The van der Waals surface area contributed by atoms with E-state index in [1.165, 1.54) is 12.1 Å². The highest BCUT2D eigenvalue weighted by Gasteiger charge is 2.30. The second kappa shape index (κ2) is 12.8. The number of hydrogen-bond donors (Lipinski definition) is 3. The molecule has 2 atom stereocenters. The molecule has 0 aliphatic rings. The van der Waals surface area contributed by atoms with Gasteiger partial charge in [0.25, 0.3) is 0 Å². The number of amides is 1. The summed E-state index contributed by atoms with van der Waals surface area (Å²) in [5.41, 5.74) is 0.779. The maximum atomic E-state index is 14.4. The third kappa shape index (κ3) is 6.95. The largest absolute Gasteiger partial charge is 0.505 e. The van der Waals surface area contributed by atoms with Crippen molar-refractivity contribution in [3.8, 4) is 11.5 Å². The van der Waals surface area contributed by atoms with Gasteiger partial charge in [0, 0.05) is 11.8 Å². The fraction of sp³-hybridized carbons (Fsp3) is 0.172. The quantitative estimate of drug-likeness (QED) is 0.163. The van der Waals surface area contributed by atoms with Gasteiger partial charge in [0.1, 0.15) is 11.9 Å². The Labute approximate surface area is 224 Å². The lowest BCUT2D eigenvalue weighted by Crippen LogP contribution is -2.32. The molecule has 0 aromatic heterocycles. The molecule has 4 aromatic rings. The van der Waals surface area contributed by atoms with E-state index in [1.807, 2.05) is 42.5 Å². The van der Waals surface area contributed by atoms with Crippen molar-refractivity contribution in [2.45, 2.75) is 18.6 Å². The molecule has 0 fully saturated rings. The van der Waals surface area contributed by atoms with E-state index >= 15 is 0 Å². The number of thiol groups is 1. The highest BCUT2D eigenvalue weighted by atomic mass is 32.1. The Kier molecular flexibility index (Phi) is 9.05. The Bertz CT molecular complexity index is 1400. The molecule has 38 heavy (non-hydrogen) atoms. The molecule has 0 unspecified atom stereocenters. The molecule has 4 aromatic carbocycles. The van der Waals surface area contributed by atoms with Crippen LogP contribution < -0.4 is 10.1 Å². The first-order chi connectivity index (χ1) is 18.4. The topological polar surface area (TPSA) is 94.1 Å². The molecule has 0 saturated carbocycles. The standard InChI is InChI=1S/C29H26FNO6S/c30-23-17-20(13-14-25(23)32)28(26(15-16-35-27(33)18-38)36-21-9-2-1-3-10-21)37-29(34)31-24-12-6-8-19-7-4-5-11-22(19)24/h1-14,17,26,28,32,38H,15-16,18H2,(H,31,34)/t26-,28-/m0/s1. The van der Waals surface area contributed by atoms with E-state index in [0.29, 0.717) is 11.4 Å². The van der Waals surface area contributed by atoms with Crippen molar-refractivity contribution in [3.63, 3.8) is 0 Å². The number of benzene rings is 4. The van der Waals surface area contributed by atoms with Crippen LogP contribution in [0.25, 0.3) is 10.8 Å². The van der Waals surface area contributed by atoms with Gasteiger partial charge in [-0.15, -0.1) is 0 Å². The van der Waals surface area contributed by atoms with Crippen LogP contribution in [-0.2, 0) is 14.3 Å². The molecule has 1 amide bonds. The van der Waals surface area contributed by atoms with Crippen LogP contribution in [0.2, 0.25) is 0 Å². The lowest BCUT2D eigenvalue weighted by Gasteiger charge is -2.28. The zero-order valence-corrected chi connectivity index (χ0v) is 21.1. The first-order valence-electron chi connectivity index (χ1n) is 11.9. The van der Waals surface area contributed by atoms with Crippen LogP contribution in [0.15, 0.2) is 91.0 Å². The summed E-state index contributed by atoms with van der Waals surface area (Å²) in [5, 5.41) is 14.2. The van der Waals surface area contributed by atoms with E-state index in [4.69, 9.17) is 14.2 Å². The molecular weight excluding hydrogens is 509 g/mol. The molecule has 0 bridgehead atoms. The molecule has 0 saturated heterocycles. The summed E-state index contributed by atoms with van der Waals surface area (Å²) in [7, 11) is 0. The summed E-state index contributed by atoms with van der Waals surface area (Å²) in [6.07, 6.45) is -2.69. The van der Waals surface area contributed by atoms with Gasteiger partial charge in [-0.25, -0.2) is 9.18 Å². The van der Waals surface area contributed by atoms with Crippen molar-refractivity contribution in [2.75, 3.05) is 17.7 Å². The van der Waals surface area contributed by atoms with Gasteiger partial charge in [-0.1, -0.05) is 60.7 Å². The minimum atomic E-state index is -1.13. The highest BCUT2D eigenvalue weighted by Crippen LogP contribution is 2.31. The number of ether oxygens (including phenoxy) is 3. The van der Waals surface area contributed by atoms with Crippen molar-refractivity contribution in [1.82, 2.24) is 0 Å². The molecule has 0 spiro atoms. The number of para-hydroxylation sites is 1. The second-order valence-corrected chi connectivity index (χ2v) is 8.64. The molecule has 9 heteroatoms. The average Bonchev–Trinajstić information content (AvgIpc) is 2.93. The van der Waals surface area contributed by atoms with Gasteiger partial charge in [0.05, 0.1) is 18.0 Å². The molecular formula is C29H26FNO6S. The molecule has 2 N–H and O–H groups in total. The van der Waals surface area contributed by atoms with Crippen LogP contribution in [0.3, 0.4) is 0 Å². The van der Waals surface area contributed by atoms with Gasteiger partial charge in [-0.2, -0.15) is 12.6 Å². The monoisotopic (exact) mass is 535 g/mol. The smallest absolute Gasteiger partial charge is 0.412 e. The molecule has 0 heterocycles. The molecule has 0 aliphatic carbocycles. The predicted octanol–water partition coefficient (Wildman–Crippen LogP) is 6.29. The van der Waals surface area contributed by atoms with Crippen LogP contribution in [0, 0.1) is 5.82 Å². The normalized spacial score (nSPS) is 12.4. The molecule has 196 valence electrons. The summed E-state index contributed by atoms with van der Waals surface area (Å²) in [5.74, 6) is -1.57. The Hall–Kier alpha value is -4.24. The van der Waals surface area contributed by atoms with Crippen molar-refractivity contribution in [3.05, 3.63) is 102 Å². The number of carbonyl (C=O) groups excluding carboxylic acids is 2. The second-order valence-electron chi connectivity index (χ2n) is 8.33. The number of fused-ring (bicyclic) bond motifs is 1. The number of carbonyl (C=O) groups is 2. The number of phenolic OH excluding ortho intramolecular Hbond substituents is 1. The van der Waals surface area contributed by atoms with E-state index in [9.17, 15) is 19.1 Å². The van der Waals surface area contributed by atoms with Gasteiger partial charge in [0.15, 0.2) is 17.7 Å². The Morgan fingerprint density at radius 3 is 2.45 bits per heavy atom. The zero-order chi connectivity index (χ0) is 26.9. The van der Waals surface area contributed by atoms with E-state index in [0.717, 1.165) is 16.8 Å². The van der Waals surface area contributed by atoms with E-state index in [-0.39, 0.29) is 24.3 Å². The minimum Gasteiger partial charge on any atom is -0.505 e. The molecule has 4 rings (SSSR count). The fourth-order valence-electron chi connectivity index (χ4n) is 3.93. The van der Waals surface area contributed by atoms with Crippen molar-refractivity contribution in [1.29, 1.82) is 0 Å². The van der Waals surface area contributed by atoms with Crippen LogP contribution >= 0.6 is 12.6 Å². The first kappa shape index (κ1) is 26.8. The SMILES string of the molecule is O=C(CS)OCC[C@H](Oc1ccccc1)[C@@H](OC(=O)Nc1cccc2ccccc12)c1ccc(O)c(F)c1. The highest BCUT2D eigenvalue weighted by molar-refractivity contribution is 7.81. The average molecular weight is 536 g/mol. The molecule has 7 nitrogen and oxygen atoms in total. The maximum Gasteiger partial charge on any atom is 0.412 e. The predicted molar refractivity (Wildman–Crippen MR) is 145 cm³/mol. The van der Waals surface area contributed by atoms with E-state index < -0.39 is 35.8 Å². The number of nitrogens with one attached hydrogen (secondary N) is 1. The van der Waals surface area contributed by atoms with Gasteiger partial charge >= 0.3 is 12.1 Å². The number of rotatable bonds is 10. The number of phenols is 1. The minimum absolute atomic E-state index is 0.0533. The van der Waals surface area contributed by atoms with Gasteiger partial charge < -0.3 is 19.3 Å².